The van der Waals surface area contributed by atoms with Crippen molar-refractivity contribution in [1.82, 2.24) is 10.3 Å². The fourth-order valence-electron chi connectivity index (χ4n) is 2.72. The molecule has 0 bridgehead atoms. The highest BCUT2D eigenvalue weighted by Gasteiger charge is 2.13. The molecule has 0 amide bonds. The monoisotopic (exact) mass is 444 g/mol. The molecular formula is C22H22BrFN2O2. The van der Waals surface area contributed by atoms with E-state index in [4.69, 9.17) is 9.47 Å². The van der Waals surface area contributed by atoms with Gasteiger partial charge in [-0.05, 0) is 69.9 Å². The van der Waals surface area contributed by atoms with Crippen molar-refractivity contribution in [1.29, 1.82) is 0 Å². The Kier molecular flexibility index (Phi) is 7.39. The molecule has 1 heterocycles. The van der Waals surface area contributed by atoms with E-state index >= 15 is 0 Å². The fraction of sp³-hybridized carbons (Fsp3) is 0.227. The maximum absolute atomic E-state index is 13.1. The summed E-state index contributed by atoms with van der Waals surface area (Å²) in [7, 11) is 0. The second kappa shape index (κ2) is 10.2. The van der Waals surface area contributed by atoms with Gasteiger partial charge in [-0.3, -0.25) is 4.98 Å². The summed E-state index contributed by atoms with van der Waals surface area (Å²) < 4.78 is 25.6. The number of halogens is 2. The molecule has 0 radical (unpaired) electrons. The summed E-state index contributed by atoms with van der Waals surface area (Å²) in [6.45, 7) is 4.22. The van der Waals surface area contributed by atoms with Gasteiger partial charge in [-0.15, -0.1) is 0 Å². The van der Waals surface area contributed by atoms with E-state index in [-0.39, 0.29) is 5.82 Å². The van der Waals surface area contributed by atoms with E-state index in [2.05, 4.69) is 26.2 Å². The van der Waals surface area contributed by atoms with Gasteiger partial charge in [0.2, 0.25) is 0 Å². The van der Waals surface area contributed by atoms with E-state index in [9.17, 15) is 4.39 Å². The van der Waals surface area contributed by atoms with Crippen molar-refractivity contribution >= 4 is 15.9 Å². The number of nitrogens with zero attached hydrogens (tertiary/aromatic N) is 1. The summed E-state index contributed by atoms with van der Waals surface area (Å²) >= 11 is 3.59. The molecule has 0 unspecified atom stereocenters. The first-order valence-corrected chi connectivity index (χ1v) is 9.87. The van der Waals surface area contributed by atoms with Gasteiger partial charge in [0.15, 0.2) is 11.5 Å². The van der Waals surface area contributed by atoms with Crippen LogP contribution in [0.1, 0.15) is 23.6 Å². The maximum atomic E-state index is 13.1. The molecule has 0 aliphatic rings. The molecule has 2 aromatic carbocycles. The normalized spacial score (nSPS) is 10.7. The van der Waals surface area contributed by atoms with Crippen LogP contribution in [0.3, 0.4) is 0 Å². The number of nitrogens with one attached hydrogen (secondary N) is 1. The third-order valence-electron chi connectivity index (χ3n) is 4.05. The average Bonchev–Trinajstić information content (AvgIpc) is 2.70. The molecule has 3 rings (SSSR count). The van der Waals surface area contributed by atoms with Crippen LogP contribution in [0.25, 0.3) is 0 Å². The molecule has 0 fully saturated rings. The van der Waals surface area contributed by atoms with Crippen molar-refractivity contribution in [2.45, 2.75) is 26.6 Å². The van der Waals surface area contributed by atoms with Crippen LogP contribution in [0.15, 0.2) is 65.4 Å². The first-order chi connectivity index (χ1) is 13.7. The zero-order chi connectivity index (χ0) is 19.8. The SMILES string of the molecule is CCOc1cc(CNCc2cccnc2)cc(Br)c1OCc1ccc(F)cc1. The largest absolute Gasteiger partial charge is 0.490 e. The lowest BCUT2D eigenvalue weighted by molar-refractivity contribution is 0.267. The molecular weight excluding hydrogens is 423 g/mol. The Hall–Kier alpha value is -2.44. The van der Waals surface area contributed by atoms with E-state index < -0.39 is 0 Å². The van der Waals surface area contributed by atoms with E-state index in [1.807, 2.05) is 37.4 Å². The van der Waals surface area contributed by atoms with Gasteiger partial charge in [0.05, 0.1) is 11.1 Å². The number of rotatable bonds is 9. The molecule has 0 saturated carbocycles. The first kappa shape index (κ1) is 20.3. The third-order valence-corrected chi connectivity index (χ3v) is 4.64. The molecule has 0 aliphatic heterocycles. The predicted molar refractivity (Wildman–Crippen MR) is 111 cm³/mol. The zero-order valence-corrected chi connectivity index (χ0v) is 17.2. The van der Waals surface area contributed by atoms with Crippen LogP contribution in [0.4, 0.5) is 4.39 Å². The van der Waals surface area contributed by atoms with Gasteiger partial charge in [-0.1, -0.05) is 18.2 Å². The number of pyridine rings is 1. The summed E-state index contributed by atoms with van der Waals surface area (Å²) in [6, 6.07) is 14.2. The Morgan fingerprint density at radius 3 is 2.50 bits per heavy atom. The molecule has 0 saturated heterocycles. The van der Waals surface area contributed by atoms with Gasteiger partial charge in [0.25, 0.3) is 0 Å². The van der Waals surface area contributed by atoms with Crippen LogP contribution in [-0.4, -0.2) is 11.6 Å². The van der Waals surface area contributed by atoms with Gasteiger partial charge >= 0.3 is 0 Å². The lowest BCUT2D eigenvalue weighted by atomic mass is 10.2. The number of aromatic nitrogens is 1. The Morgan fingerprint density at radius 1 is 1.00 bits per heavy atom. The summed E-state index contributed by atoms with van der Waals surface area (Å²) in [5.74, 6) is 1.06. The van der Waals surface area contributed by atoms with Crippen molar-refractivity contribution in [2.75, 3.05) is 6.61 Å². The number of hydrogen-bond acceptors (Lipinski definition) is 4. The van der Waals surface area contributed by atoms with Gasteiger partial charge in [0.1, 0.15) is 12.4 Å². The lowest BCUT2D eigenvalue weighted by Crippen LogP contribution is -2.13. The molecule has 6 heteroatoms. The first-order valence-electron chi connectivity index (χ1n) is 9.07. The minimum atomic E-state index is -0.261. The fourth-order valence-corrected chi connectivity index (χ4v) is 3.32. The maximum Gasteiger partial charge on any atom is 0.175 e. The summed E-state index contributed by atoms with van der Waals surface area (Å²) in [5.41, 5.74) is 3.09. The summed E-state index contributed by atoms with van der Waals surface area (Å²) in [5, 5.41) is 3.40. The molecule has 0 atom stereocenters. The molecule has 0 aliphatic carbocycles. The van der Waals surface area contributed by atoms with E-state index in [1.165, 1.54) is 12.1 Å². The van der Waals surface area contributed by atoms with Crippen molar-refractivity contribution in [3.63, 3.8) is 0 Å². The number of ether oxygens (including phenoxy) is 2. The molecule has 1 N–H and O–H groups in total. The second-order valence-electron chi connectivity index (χ2n) is 6.22. The molecule has 146 valence electrons. The standard InChI is InChI=1S/C22H22BrFN2O2/c1-2-27-21-11-18(14-26-13-17-4-3-9-25-12-17)10-20(23)22(21)28-15-16-5-7-19(24)8-6-16/h3-12,26H,2,13-15H2,1H3. The Balaban J connectivity index is 1.67. The van der Waals surface area contributed by atoms with Crippen LogP contribution in [0.2, 0.25) is 0 Å². The Bertz CT molecular complexity index is 889. The van der Waals surface area contributed by atoms with Gasteiger partial charge in [0, 0.05) is 25.5 Å². The lowest BCUT2D eigenvalue weighted by Gasteiger charge is -2.16. The van der Waals surface area contributed by atoms with Crippen LogP contribution in [0, 0.1) is 5.82 Å². The summed E-state index contributed by atoms with van der Waals surface area (Å²) in [6.07, 6.45) is 3.61. The Labute approximate surface area is 172 Å². The van der Waals surface area contributed by atoms with E-state index in [1.54, 1.807) is 18.3 Å². The number of hydrogen-bond donors (Lipinski definition) is 1. The minimum absolute atomic E-state index is 0.261. The minimum Gasteiger partial charge on any atom is -0.490 e. The second-order valence-corrected chi connectivity index (χ2v) is 7.07. The number of benzene rings is 2. The highest BCUT2D eigenvalue weighted by Crippen LogP contribution is 2.37. The Morgan fingerprint density at radius 2 is 1.79 bits per heavy atom. The van der Waals surface area contributed by atoms with Crippen LogP contribution in [-0.2, 0) is 19.7 Å². The summed E-state index contributed by atoms with van der Waals surface area (Å²) in [4.78, 5) is 4.12. The molecule has 3 aromatic rings. The molecule has 4 nitrogen and oxygen atoms in total. The van der Waals surface area contributed by atoms with Crippen LogP contribution >= 0.6 is 15.9 Å². The topological polar surface area (TPSA) is 43.4 Å². The van der Waals surface area contributed by atoms with Gasteiger partial charge in [-0.2, -0.15) is 0 Å². The van der Waals surface area contributed by atoms with Crippen molar-refractivity contribution < 1.29 is 13.9 Å². The van der Waals surface area contributed by atoms with Crippen molar-refractivity contribution in [3.8, 4) is 11.5 Å². The van der Waals surface area contributed by atoms with E-state index in [0.29, 0.717) is 31.3 Å². The van der Waals surface area contributed by atoms with Crippen molar-refractivity contribution in [3.05, 3.63) is 87.9 Å². The quantitative estimate of drug-likeness (QED) is 0.489. The van der Waals surface area contributed by atoms with Gasteiger partial charge < -0.3 is 14.8 Å². The zero-order valence-electron chi connectivity index (χ0n) is 15.6. The van der Waals surface area contributed by atoms with Gasteiger partial charge in [-0.25, -0.2) is 4.39 Å². The predicted octanol–water partition coefficient (Wildman–Crippen LogP) is 5.25. The average molecular weight is 445 g/mol. The molecule has 0 spiro atoms. The molecule has 1 aromatic heterocycles. The molecule has 28 heavy (non-hydrogen) atoms. The smallest absolute Gasteiger partial charge is 0.175 e. The van der Waals surface area contributed by atoms with Crippen molar-refractivity contribution in [2.24, 2.45) is 0 Å². The van der Waals surface area contributed by atoms with Crippen LogP contribution in [0.5, 0.6) is 11.5 Å². The highest BCUT2D eigenvalue weighted by atomic mass is 79.9. The van der Waals surface area contributed by atoms with Crippen LogP contribution < -0.4 is 14.8 Å². The third kappa shape index (κ3) is 5.78. The highest BCUT2D eigenvalue weighted by molar-refractivity contribution is 9.10. The van der Waals surface area contributed by atoms with E-state index in [0.717, 1.165) is 27.7 Å².